The van der Waals surface area contributed by atoms with Crippen LogP contribution >= 0.6 is 24.0 Å². The summed E-state index contributed by atoms with van der Waals surface area (Å²) in [4.78, 5) is 22.3. The number of guanidine groups is 1. The number of hydrogen-bond acceptors (Lipinski definition) is 3. The Kier molecular flexibility index (Phi) is 11.9. The van der Waals surface area contributed by atoms with Crippen LogP contribution in [-0.4, -0.2) is 67.1 Å². The van der Waals surface area contributed by atoms with E-state index >= 15 is 0 Å². The van der Waals surface area contributed by atoms with E-state index in [4.69, 9.17) is 4.99 Å². The minimum Gasteiger partial charge on any atom is -0.361 e. The maximum absolute atomic E-state index is 11.9. The van der Waals surface area contributed by atoms with E-state index in [1.807, 2.05) is 0 Å². The molecule has 1 aliphatic heterocycles. The van der Waals surface area contributed by atoms with Gasteiger partial charge >= 0.3 is 0 Å². The number of amides is 1. The lowest BCUT2D eigenvalue weighted by Crippen LogP contribution is -2.50. The molecule has 8 heteroatoms. The highest BCUT2D eigenvalue weighted by atomic mass is 127. The third-order valence-electron chi connectivity index (χ3n) is 5.76. The monoisotopic (exact) mass is 554 g/mol. The van der Waals surface area contributed by atoms with Gasteiger partial charge < -0.3 is 20.9 Å². The second kappa shape index (κ2) is 14.4. The molecule has 0 atom stereocenters. The minimum atomic E-state index is 0. The summed E-state index contributed by atoms with van der Waals surface area (Å²) in [5.41, 5.74) is 2.56. The Morgan fingerprint density at radius 3 is 2.72 bits per heavy atom. The number of aliphatic imine (C=N–C) groups is 1. The number of aryl methyl sites for hydroxylation is 1. The second-order valence-electron chi connectivity index (χ2n) is 8.27. The molecule has 0 saturated carbocycles. The van der Waals surface area contributed by atoms with Crippen molar-refractivity contribution in [3.8, 4) is 0 Å². The molecule has 178 valence electrons. The number of carbonyl (C=O) groups is 1. The zero-order valence-electron chi connectivity index (χ0n) is 19.5. The van der Waals surface area contributed by atoms with Crippen molar-refractivity contribution in [3.63, 3.8) is 0 Å². The quantitative estimate of drug-likeness (QED) is 0.157. The molecule has 1 aliphatic rings. The predicted molar refractivity (Wildman–Crippen MR) is 144 cm³/mol. The molecule has 0 radical (unpaired) electrons. The molecule has 1 fully saturated rings. The van der Waals surface area contributed by atoms with Gasteiger partial charge in [-0.2, -0.15) is 0 Å². The van der Waals surface area contributed by atoms with Crippen LogP contribution in [0.2, 0.25) is 0 Å². The summed E-state index contributed by atoms with van der Waals surface area (Å²) in [5.74, 6) is 1.04. The molecular weight excluding hydrogens is 515 g/mol. The summed E-state index contributed by atoms with van der Waals surface area (Å²) < 4.78 is 0. The molecule has 0 bridgehead atoms. The summed E-state index contributed by atoms with van der Waals surface area (Å²) in [6.07, 6.45) is 7.19. The van der Waals surface area contributed by atoms with Crippen LogP contribution in [0.25, 0.3) is 10.9 Å². The summed E-state index contributed by atoms with van der Waals surface area (Å²) in [5, 5.41) is 11.2. The minimum absolute atomic E-state index is 0. The molecule has 1 aromatic heterocycles. The predicted octanol–water partition coefficient (Wildman–Crippen LogP) is 3.26. The first-order valence-corrected chi connectivity index (χ1v) is 11.8. The Labute approximate surface area is 209 Å². The first-order chi connectivity index (χ1) is 15.2. The van der Waals surface area contributed by atoms with Gasteiger partial charge in [-0.1, -0.05) is 25.1 Å². The molecular formula is C24H39IN6O. The summed E-state index contributed by atoms with van der Waals surface area (Å²) >= 11 is 0. The lowest BCUT2D eigenvalue weighted by Gasteiger charge is -2.32. The first kappa shape index (κ1) is 26.4. The molecule has 0 aliphatic carbocycles. The van der Waals surface area contributed by atoms with E-state index < -0.39 is 0 Å². The van der Waals surface area contributed by atoms with E-state index in [-0.39, 0.29) is 29.9 Å². The zero-order valence-corrected chi connectivity index (χ0v) is 21.8. The van der Waals surface area contributed by atoms with E-state index in [9.17, 15) is 4.79 Å². The van der Waals surface area contributed by atoms with E-state index in [2.05, 4.69) is 70.1 Å². The molecule has 1 aromatic carbocycles. The van der Waals surface area contributed by atoms with Crippen LogP contribution in [-0.2, 0) is 11.2 Å². The van der Waals surface area contributed by atoms with Crippen LogP contribution in [0.15, 0.2) is 35.5 Å². The molecule has 0 spiro atoms. The van der Waals surface area contributed by atoms with Gasteiger partial charge in [-0.05, 0) is 50.7 Å². The summed E-state index contributed by atoms with van der Waals surface area (Å²) in [7, 11) is 0. The highest BCUT2D eigenvalue weighted by Gasteiger charge is 2.21. The molecule has 7 nitrogen and oxygen atoms in total. The van der Waals surface area contributed by atoms with Gasteiger partial charge in [0, 0.05) is 55.9 Å². The Bertz CT molecular complexity index is 844. The van der Waals surface area contributed by atoms with Crippen molar-refractivity contribution in [2.45, 2.75) is 52.0 Å². The van der Waals surface area contributed by atoms with Gasteiger partial charge in [0.2, 0.25) is 5.91 Å². The summed E-state index contributed by atoms with van der Waals surface area (Å²) in [6, 6.07) is 8.85. The fraction of sp³-hybridized carbons (Fsp3) is 0.583. The number of nitrogens with zero attached hydrogens (tertiary/aromatic N) is 2. The topological polar surface area (TPSA) is 84.6 Å². The van der Waals surface area contributed by atoms with Crippen LogP contribution in [0, 0.1) is 0 Å². The van der Waals surface area contributed by atoms with E-state index in [0.29, 0.717) is 12.6 Å². The number of aromatic nitrogens is 1. The SMILES string of the molecule is CCCNC(=O)CN1CCC(NC(=NCCCc2c[nH]c3ccccc23)NCC)CC1.I. The number of piperidine rings is 1. The molecule has 0 unspecified atom stereocenters. The Hall–Kier alpha value is -1.81. The second-order valence-corrected chi connectivity index (χ2v) is 8.27. The number of fused-ring (bicyclic) bond motifs is 1. The standard InChI is InChI=1S/C24H38N6O.HI/c1-3-13-26-23(31)18-30-15-11-20(12-16-30)29-24(25-4-2)27-14-7-8-19-17-28-22-10-6-5-9-21(19)22;/h5-6,9-10,17,20,28H,3-4,7-8,11-16,18H2,1-2H3,(H,26,31)(H2,25,27,29);1H. The van der Waals surface area contributed by atoms with Crippen molar-refractivity contribution in [1.29, 1.82) is 0 Å². The zero-order chi connectivity index (χ0) is 21.9. The highest BCUT2D eigenvalue weighted by Crippen LogP contribution is 2.18. The Balaban J connectivity index is 0.00000363. The van der Waals surface area contributed by atoms with Gasteiger partial charge in [0.1, 0.15) is 0 Å². The van der Waals surface area contributed by atoms with Crippen molar-refractivity contribution in [3.05, 3.63) is 36.0 Å². The van der Waals surface area contributed by atoms with Crippen molar-refractivity contribution in [2.24, 2.45) is 4.99 Å². The van der Waals surface area contributed by atoms with Gasteiger partial charge in [0.25, 0.3) is 0 Å². The molecule has 2 aromatic rings. The average Bonchev–Trinajstić information content (AvgIpc) is 3.20. The van der Waals surface area contributed by atoms with Crippen molar-refractivity contribution in [1.82, 2.24) is 25.8 Å². The number of H-pyrrole nitrogens is 1. The molecule has 1 amide bonds. The summed E-state index contributed by atoms with van der Waals surface area (Å²) in [6.45, 7) is 8.97. The molecule has 1 saturated heterocycles. The first-order valence-electron chi connectivity index (χ1n) is 11.8. The lowest BCUT2D eigenvalue weighted by atomic mass is 10.1. The maximum Gasteiger partial charge on any atom is 0.234 e. The van der Waals surface area contributed by atoms with E-state index in [0.717, 1.165) is 70.8 Å². The smallest absolute Gasteiger partial charge is 0.234 e. The molecule has 32 heavy (non-hydrogen) atoms. The van der Waals surface area contributed by atoms with E-state index in [1.165, 1.54) is 16.5 Å². The van der Waals surface area contributed by atoms with Gasteiger partial charge in [-0.3, -0.25) is 14.7 Å². The van der Waals surface area contributed by atoms with Crippen LogP contribution in [0.3, 0.4) is 0 Å². The average molecular weight is 555 g/mol. The van der Waals surface area contributed by atoms with E-state index in [1.54, 1.807) is 0 Å². The number of nitrogens with one attached hydrogen (secondary N) is 4. The number of benzene rings is 1. The largest absolute Gasteiger partial charge is 0.361 e. The number of para-hydroxylation sites is 1. The van der Waals surface area contributed by atoms with Crippen molar-refractivity contribution >= 4 is 46.7 Å². The van der Waals surface area contributed by atoms with Gasteiger partial charge in [0.15, 0.2) is 5.96 Å². The highest BCUT2D eigenvalue weighted by molar-refractivity contribution is 14.0. The van der Waals surface area contributed by atoms with Crippen LogP contribution in [0.4, 0.5) is 0 Å². The van der Waals surface area contributed by atoms with Gasteiger partial charge in [-0.25, -0.2) is 0 Å². The third-order valence-corrected chi connectivity index (χ3v) is 5.76. The number of rotatable bonds is 10. The number of likely N-dealkylation sites (tertiary alicyclic amines) is 1. The number of hydrogen-bond donors (Lipinski definition) is 4. The van der Waals surface area contributed by atoms with Crippen molar-refractivity contribution < 1.29 is 4.79 Å². The third kappa shape index (κ3) is 8.27. The number of carbonyl (C=O) groups excluding carboxylic acids is 1. The maximum atomic E-state index is 11.9. The van der Waals surface area contributed by atoms with Crippen molar-refractivity contribution in [2.75, 3.05) is 39.3 Å². The number of aromatic amines is 1. The molecule has 2 heterocycles. The fourth-order valence-electron chi connectivity index (χ4n) is 4.07. The normalized spacial score (nSPS) is 15.4. The Morgan fingerprint density at radius 1 is 1.19 bits per heavy atom. The number of halogens is 1. The Morgan fingerprint density at radius 2 is 1.97 bits per heavy atom. The van der Waals surface area contributed by atoms with Crippen LogP contribution < -0.4 is 16.0 Å². The van der Waals surface area contributed by atoms with Crippen LogP contribution in [0.1, 0.15) is 45.1 Å². The van der Waals surface area contributed by atoms with Crippen LogP contribution in [0.5, 0.6) is 0 Å². The molecule has 3 rings (SSSR count). The fourth-order valence-corrected chi connectivity index (χ4v) is 4.07. The lowest BCUT2D eigenvalue weighted by molar-refractivity contribution is -0.122. The van der Waals surface area contributed by atoms with Gasteiger partial charge in [0.05, 0.1) is 6.54 Å². The molecule has 4 N–H and O–H groups in total. The van der Waals surface area contributed by atoms with Gasteiger partial charge in [-0.15, -0.1) is 24.0 Å².